The van der Waals surface area contributed by atoms with Crippen LogP contribution in [0.4, 0.5) is 8.78 Å². The first-order valence-corrected chi connectivity index (χ1v) is 6.29. The van der Waals surface area contributed by atoms with E-state index in [4.69, 9.17) is 0 Å². The highest BCUT2D eigenvalue weighted by molar-refractivity contribution is 5.30. The van der Waals surface area contributed by atoms with E-state index < -0.39 is 11.6 Å². The zero-order valence-electron chi connectivity index (χ0n) is 11.1. The molecule has 1 nitrogen and oxygen atoms in total. The van der Waals surface area contributed by atoms with E-state index in [-0.39, 0.29) is 6.04 Å². The Bertz CT molecular complexity index is 566. The predicted octanol–water partition coefficient (Wildman–Crippen LogP) is 3.78. The smallest absolute Gasteiger partial charge is 0.163 e. The van der Waals surface area contributed by atoms with E-state index in [1.54, 1.807) is 13.1 Å². The van der Waals surface area contributed by atoms with Gasteiger partial charge in [-0.1, -0.05) is 36.4 Å². The van der Waals surface area contributed by atoms with Crippen molar-refractivity contribution in [3.05, 3.63) is 70.8 Å². The highest BCUT2D eigenvalue weighted by Crippen LogP contribution is 2.23. The van der Waals surface area contributed by atoms with Gasteiger partial charge in [-0.3, -0.25) is 0 Å². The molecule has 2 aromatic carbocycles. The third kappa shape index (κ3) is 2.99. The van der Waals surface area contributed by atoms with Crippen molar-refractivity contribution in [2.45, 2.75) is 19.4 Å². The van der Waals surface area contributed by atoms with E-state index in [2.05, 4.69) is 5.32 Å². The molecular weight excluding hydrogens is 244 g/mol. The van der Waals surface area contributed by atoms with E-state index in [1.807, 2.05) is 31.2 Å². The highest BCUT2D eigenvalue weighted by atomic mass is 19.2. The molecule has 0 saturated carbocycles. The first-order chi connectivity index (χ1) is 9.13. The lowest BCUT2D eigenvalue weighted by atomic mass is 9.96. The Labute approximate surface area is 112 Å². The second kappa shape index (κ2) is 5.93. The molecule has 1 unspecified atom stereocenters. The van der Waals surface area contributed by atoms with Crippen LogP contribution in [0.3, 0.4) is 0 Å². The van der Waals surface area contributed by atoms with Crippen molar-refractivity contribution < 1.29 is 8.78 Å². The van der Waals surface area contributed by atoms with Crippen molar-refractivity contribution in [2.75, 3.05) is 7.05 Å². The molecule has 0 aliphatic heterocycles. The Morgan fingerprint density at radius 2 is 1.79 bits per heavy atom. The van der Waals surface area contributed by atoms with Gasteiger partial charge < -0.3 is 5.32 Å². The fourth-order valence-corrected chi connectivity index (χ4v) is 2.22. The van der Waals surface area contributed by atoms with Crippen LogP contribution in [-0.4, -0.2) is 7.05 Å². The lowest BCUT2D eigenvalue weighted by Gasteiger charge is -2.18. The molecule has 3 heteroatoms. The van der Waals surface area contributed by atoms with Gasteiger partial charge in [-0.2, -0.15) is 0 Å². The Hall–Kier alpha value is -1.74. The molecule has 0 radical (unpaired) electrons. The number of hydrogen-bond acceptors (Lipinski definition) is 1. The number of likely N-dealkylation sites (N-methyl/N-ethyl adjacent to an activating group) is 1. The molecule has 1 atom stereocenters. The minimum atomic E-state index is -0.803. The second-order valence-corrected chi connectivity index (χ2v) is 4.61. The lowest BCUT2D eigenvalue weighted by Crippen LogP contribution is -2.21. The third-order valence-corrected chi connectivity index (χ3v) is 3.39. The first-order valence-electron chi connectivity index (χ1n) is 6.29. The predicted molar refractivity (Wildman–Crippen MR) is 73.0 cm³/mol. The summed E-state index contributed by atoms with van der Waals surface area (Å²) in [6.45, 7) is 2.02. The molecular formula is C16H17F2N. The minimum absolute atomic E-state index is 0.239. The standard InChI is InChI=1S/C16H17F2N/c1-11-6-3-4-7-12(11)10-15(19-2)13-8-5-9-14(17)16(13)18/h3-9,15,19H,10H2,1-2H3. The molecule has 0 bridgehead atoms. The molecule has 0 amide bonds. The van der Waals surface area contributed by atoms with Gasteiger partial charge in [0.25, 0.3) is 0 Å². The molecule has 0 fully saturated rings. The van der Waals surface area contributed by atoms with Crippen molar-refractivity contribution in [2.24, 2.45) is 0 Å². The molecule has 0 spiro atoms. The largest absolute Gasteiger partial charge is 0.313 e. The van der Waals surface area contributed by atoms with Gasteiger partial charge in [-0.05, 0) is 37.6 Å². The van der Waals surface area contributed by atoms with Gasteiger partial charge in [-0.25, -0.2) is 8.78 Å². The fraction of sp³-hybridized carbons (Fsp3) is 0.250. The maximum Gasteiger partial charge on any atom is 0.163 e. The molecule has 0 aromatic heterocycles. The summed E-state index contributed by atoms with van der Waals surface area (Å²) in [7, 11) is 1.76. The van der Waals surface area contributed by atoms with Gasteiger partial charge in [0.05, 0.1) is 0 Å². The molecule has 100 valence electrons. The number of aryl methyl sites for hydroxylation is 1. The first kappa shape index (κ1) is 13.7. The Morgan fingerprint density at radius 3 is 2.47 bits per heavy atom. The lowest BCUT2D eigenvalue weighted by molar-refractivity contribution is 0.473. The van der Waals surface area contributed by atoms with E-state index in [9.17, 15) is 8.78 Å². The van der Waals surface area contributed by atoms with Gasteiger partial charge >= 0.3 is 0 Å². The van der Waals surface area contributed by atoms with Gasteiger partial charge in [0.15, 0.2) is 11.6 Å². The van der Waals surface area contributed by atoms with E-state index in [0.29, 0.717) is 12.0 Å². The number of hydrogen-bond donors (Lipinski definition) is 1. The number of benzene rings is 2. The van der Waals surface area contributed by atoms with Crippen LogP contribution in [0.1, 0.15) is 22.7 Å². The highest BCUT2D eigenvalue weighted by Gasteiger charge is 2.17. The quantitative estimate of drug-likeness (QED) is 0.883. The minimum Gasteiger partial charge on any atom is -0.313 e. The van der Waals surface area contributed by atoms with E-state index in [0.717, 1.165) is 17.2 Å². The maximum atomic E-state index is 13.8. The maximum absolute atomic E-state index is 13.8. The van der Waals surface area contributed by atoms with Crippen molar-refractivity contribution >= 4 is 0 Å². The van der Waals surface area contributed by atoms with Gasteiger partial charge in [0.1, 0.15) is 0 Å². The zero-order valence-corrected chi connectivity index (χ0v) is 11.1. The zero-order chi connectivity index (χ0) is 13.8. The SMILES string of the molecule is CNC(Cc1ccccc1C)c1cccc(F)c1F. The summed E-state index contributed by atoms with van der Waals surface area (Å²) in [6, 6.07) is 12.0. The van der Waals surface area contributed by atoms with E-state index in [1.165, 1.54) is 6.07 Å². The van der Waals surface area contributed by atoms with Gasteiger partial charge in [0.2, 0.25) is 0 Å². The van der Waals surface area contributed by atoms with Crippen molar-refractivity contribution in [1.82, 2.24) is 5.32 Å². The molecule has 0 heterocycles. The number of nitrogens with one attached hydrogen (secondary N) is 1. The fourth-order valence-electron chi connectivity index (χ4n) is 2.22. The van der Waals surface area contributed by atoms with Crippen LogP contribution in [-0.2, 0) is 6.42 Å². The molecule has 0 saturated heterocycles. The summed E-state index contributed by atoms with van der Waals surface area (Å²) in [5.41, 5.74) is 2.65. The van der Waals surface area contributed by atoms with Crippen molar-refractivity contribution in [3.8, 4) is 0 Å². The van der Waals surface area contributed by atoms with Gasteiger partial charge in [0, 0.05) is 11.6 Å². The summed E-state index contributed by atoms with van der Waals surface area (Å²) >= 11 is 0. The molecule has 2 rings (SSSR count). The molecule has 2 aromatic rings. The Kier molecular flexibility index (Phi) is 4.27. The summed E-state index contributed by atoms with van der Waals surface area (Å²) in [5, 5.41) is 3.06. The van der Waals surface area contributed by atoms with Crippen LogP contribution < -0.4 is 5.32 Å². The Balaban J connectivity index is 2.31. The summed E-state index contributed by atoms with van der Waals surface area (Å²) in [5.74, 6) is -1.57. The Morgan fingerprint density at radius 1 is 1.05 bits per heavy atom. The third-order valence-electron chi connectivity index (χ3n) is 3.39. The normalized spacial score (nSPS) is 12.4. The number of halogens is 2. The molecule has 0 aliphatic rings. The van der Waals surface area contributed by atoms with Gasteiger partial charge in [-0.15, -0.1) is 0 Å². The van der Waals surface area contributed by atoms with E-state index >= 15 is 0 Å². The second-order valence-electron chi connectivity index (χ2n) is 4.61. The monoisotopic (exact) mass is 261 g/mol. The van der Waals surface area contributed by atoms with Crippen molar-refractivity contribution in [3.63, 3.8) is 0 Å². The summed E-state index contributed by atoms with van der Waals surface area (Å²) in [4.78, 5) is 0. The summed E-state index contributed by atoms with van der Waals surface area (Å²) in [6.07, 6.45) is 0.629. The van der Waals surface area contributed by atoms with Crippen LogP contribution in [0.25, 0.3) is 0 Å². The topological polar surface area (TPSA) is 12.0 Å². The average molecular weight is 261 g/mol. The molecule has 19 heavy (non-hydrogen) atoms. The number of rotatable bonds is 4. The van der Waals surface area contributed by atoms with Crippen LogP contribution in [0.15, 0.2) is 42.5 Å². The van der Waals surface area contributed by atoms with Crippen LogP contribution in [0.5, 0.6) is 0 Å². The van der Waals surface area contributed by atoms with Crippen LogP contribution in [0, 0.1) is 18.6 Å². The average Bonchev–Trinajstić information content (AvgIpc) is 2.41. The van der Waals surface area contributed by atoms with Crippen LogP contribution in [0.2, 0.25) is 0 Å². The molecule has 1 N–H and O–H groups in total. The summed E-state index contributed by atoms with van der Waals surface area (Å²) < 4.78 is 27.1. The molecule has 0 aliphatic carbocycles. The van der Waals surface area contributed by atoms with Crippen LogP contribution >= 0.6 is 0 Å². The van der Waals surface area contributed by atoms with Crippen molar-refractivity contribution in [1.29, 1.82) is 0 Å².